The molecule has 0 spiro atoms. The monoisotopic (exact) mass is 360 g/mol. The minimum absolute atomic E-state index is 0.281. The lowest BCUT2D eigenvalue weighted by Gasteiger charge is -2.08. The van der Waals surface area contributed by atoms with E-state index in [0.29, 0.717) is 21.8 Å². The summed E-state index contributed by atoms with van der Waals surface area (Å²) < 4.78 is 22.2. The molecule has 1 N–H and O–H groups in total. The molecule has 20 heavy (non-hydrogen) atoms. The van der Waals surface area contributed by atoms with Gasteiger partial charge in [0.05, 0.1) is 15.5 Å². The molecule has 0 bridgehead atoms. The third kappa shape index (κ3) is 3.68. The largest absolute Gasteiger partial charge is 0.381 e. The predicted molar refractivity (Wildman–Crippen MR) is 85.1 cm³/mol. The number of benzene rings is 1. The molecule has 2 rings (SSSR count). The number of halogens is 2. The summed E-state index contributed by atoms with van der Waals surface area (Å²) in [5.41, 5.74) is 1.63. The Bertz CT molecular complexity index is 650. The van der Waals surface area contributed by atoms with Crippen LogP contribution in [0.3, 0.4) is 0 Å². The first-order chi connectivity index (χ1) is 9.49. The fourth-order valence-electron chi connectivity index (χ4n) is 2.02. The highest BCUT2D eigenvalue weighted by Gasteiger charge is 2.08. The van der Waals surface area contributed by atoms with E-state index in [1.165, 1.54) is 6.07 Å². The summed E-state index contributed by atoms with van der Waals surface area (Å²) in [5.74, 6) is 0.257. The average molecular weight is 361 g/mol. The molecule has 0 radical (unpaired) electrons. The van der Waals surface area contributed by atoms with E-state index in [-0.39, 0.29) is 5.82 Å². The van der Waals surface area contributed by atoms with Crippen molar-refractivity contribution in [3.8, 4) is 0 Å². The second-order valence-electron chi connectivity index (χ2n) is 5.19. The number of rotatable bonds is 6. The van der Waals surface area contributed by atoms with Crippen molar-refractivity contribution in [2.75, 3.05) is 13.2 Å². The molecule has 0 unspecified atom stereocenters. The molecule has 3 nitrogen and oxygen atoms in total. The summed E-state index contributed by atoms with van der Waals surface area (Å²) in [6.07, 6.45) is 0.853. The van der Waals surface area contributed by atoms with Gasteiger partial charge >= 0.3 is 0 Å². The van der Waals surface area contributed by atoms with Gasteiger partial charge in [-0.1, -0.05) is 13.8 Å². The van der Waals surface area contributed by atoms with Crippen LogP contribution in [0.5, 0.6) is 0 Å². The minimum atomic E-state index is -0.281. The third-order valence-electron chi connectivity index (χ3n) is 2.94. The summed E-state index contributed by atoms with van der Waals surface area (Å²) in [5, 5.41) is 0. The molecule has 0 aliphatic rings. The van der Waals surface area contributed by atoms with Crippen LogP contribution in [0.1, 0.15) is 20.3 Å². The Morgan fingerprint density at radius 3 is 2.90 bits per heavy atom. The normalized spacial score (nSPS) is 11.7. The Balaban J connectivity index is 2.08. The van der Waals surface area contributed by atoms with E-state index >= 15 is 0 Å². The molecule has 0 amide bonds. The molecule has 0 aliphatic carbocycles. The smallest absolute Gasteiger partial charge is 0.178 e. The van der Waals surface area contributed by atoms with Gasteiger partial charge in [0.2, 0.25) is 0 Å². The van der Waals surface area contributed by atoms with Gasteiger partial charge in [-0.25, -0.2) is 4.39 Å². The van der Waals surface area contributed by atoms with Crippen molar-refractivity contribution in [3.63, 3.8) is 0 Å². The van der Waals surface area contributed by atoms with Gasteiger partial charge in [-0.3, -0.25) is 0 Å². The van der Waals surface area contributed by atoms with Crippen molar-refractivity contribution < 1.29 is 9.13 Å². The van der Waals surface area contributed by atoms with Crippen molar-refractivity contribution in [3.05, 3.63) is 27.2 Å². The van der Waals surface area contributed by atoms with Crippen molar-refractivity contribution in [1.29, 1.82) is 0 Å². The maximum Gasteiger partial charge on any atom is 0.178 e. The lowest BCUT2D eigenvalue weighted by Crippen LogP contribution is -2.06. The van der Waals surface area contributed by atoms with Gasteiger partial charge in [0.1, 0.15) is 5.82 Å². The molecule has 110 valence electrons. The highest BCUT2D eigenvalue weighted by atomic mass is 79.9. The molecule has 2 aromatic rings. The van der Waals surface area contributed by atoms with Gasteiger partial charge in [-0.05, 0) is 46.6 Å². The summed E-state index contributed by atoms with van der Waals surface area (Å²) in [7, 11) is 0. The standard InChI is InChI=1S/C14H18BrFN2OS/c1-9(2)8-19-5-3-4-18-13-7-11(16)10(15)6-12(13)17-14(18)20/h6-7,9H,3-5,8H2,1-2H3,(H,17,20). The zero-order valence-electron chi connectivity index (χ0n) is 11.6. The quantitative estimate of drug-likeness (QED) is 0.599. The van der Waals surface area contributed by atoms with E-state index in [9.17, 15) is 4.39 Å². The maximum atomic E-state index is 13.6. The Morgan fingerprint density at radius 2 is 2.20 bits per heavy atom. The van der Waals surface area contributed by atoms with Crippen LogP contribution in [0.15, 0.2) is 16.6 Å². The van der Waals surface area contributed by atoms with Gasteiger partial charge in [-0.2, -0.15) is 0 Å². The van der Waals surface area contributed by atoms with Gasteiger partial charge in [-0.15, -0.1) is 0 Å². The number of aryl methyl sites for hydroxylation is 1. The van der Waals surface area contributed by atoms with Crippen LogP contribution in [0, 0.1) is 16.5 Å². The first-order valence-electron chi connectivity index (χ1n) is 6.64. The third-order valence-corrected chi connectivity index (χ3v) is 3.87. The molecular weight excluding hydrogens is 343 g/mol. The topological polar surface area (TPSA) is 29.9 Å². The van der Waals surface area contributed by atoms with Crippen LogP contribution in [0.2, 0.25) is 0 Å². The number of ether oxygens (including phenoxy) is 1. The van der Waals surface area contributed by atoms with Gasteiger partial charge in [0, 0.05) is 25.8 Å². The van der Waals surface area contributed by atoms with E-state index < -0.39 is 0 Å². The van der Waals surface area contributed by atoms with Gasteiger partial charge in [0.25, 0.3) is 0 Å². The molecule has 6 heteroatoms. The van der Waals surface area contributed by atoms with E-state index in [1.54, 1.807) is 6.07 Å². The van der Waals surface area contributed by atoms with E-state index in [0.717, 1.165) is 30.6 Å². The Hall–Kier alpha value is -0.720. The van der Waals surface area contributed by atoms with Crippen LogP contribution >= 0.6 is 28.1 Å². The summed E-state index contributed by atoms with van der Waals surface area (Å²) in [6, 6.07) is 3.22. The molecule has 1 heterocycles. The minimum Gasteiger partial charge on any atom is -0.381 e. The molecule has 0 saturated carbocycles. The van der Waals surface area contributed by atoms with Gasteiger partial charge < -0.3 is 14.3 Å². The Morgan fingerprint density at radius 1 is 1.45 bits per heavy atom. The molecule has 0 atom stereocenters. The molecule has 1 aromatic heterocycles. The Kier molecular flexibility index (Phi) is 5.35. The number of nitrogens with one attached hydrogen (secondary N) is 1. The molecule has 0 saturated heterocycles. The molecule has 0 fully saturated rings. The zero-order chi connectivity index (χ0) is 14.7. The van der Waals surface area contributed by atoms with Crippen LogP contribution in [-0.2, 0) is 11.3 Å². The first-order valence-corrected chi connectivity index (χ1v) is 7.84. The molecular formula is C14H18BrFN2OS. The maximum absolute atomic E-state index is 13.6. The number of H-pyrrole nitrogens is 1. The Labute approximate surface area is 131 Å². The number of nitrogens with zero attached hydrogens (tertiary/aromatic N) is 1. The number of hydrogen-bond donors (Lipinski definition) is 1. The fraction of sp³-hybridized carbons (Fsp3) is 0.500. The highest BCUT2D eigenvalue weighted by Crippen LogP contribution is 2.23. The summed E-state index contributed by atoms with van der Waals surface area (Å²) in [6.45, 7) is 6.41. The highest BCUT2D eigenvalue weighted by molar-refractivity contribution is 9.10. The number of imidazole rings is 1. The number of aromatic amines is 1. The zero-order valence-corrected chi connectivity index (χ0v) is 14.0. The van der Waals surface area contributed by atoms with Crippen molar-refractivity contribution in [1.82, 2.24) is 9.55 Å². The van der Waals surface area contributed by atoms with Crippen molar-refractivity contribution in [2.24, 2.45) is 5.92 Å². The lowest BCUT2D eigenvalue weighted by molar-refractivity contribution is 0.105. The van der Waals surface area contributed by atoms with Gasteiger partial charge in [0.15, 0.2) is 4.77 Å². The average Bonchev–Trinajstić information content (AvgIpc) is 2.65. The second-order valence-corrected chi connectivity index (χ2v) is 6.43. The summed E-state index contributed by atoms with van der Waals surface area (Å²) in [4.78, 5) is 3.09. The van der Waals surface area contributed by atoms with E-state index in [1.807, 2.05) is 4.57 Å². The molecule has 0 aliphatic heterocycles. The van der Waals surface area contributed by atoms with Crippen LogP contribution in [0.25, 0.3) is 11.0 Å². The number of aromatic nitrogens is 2. The molecule has 1 aromatic carbocycles. The first kappa shape index (κ1) is 15.7. The SMILES string of the molecule is CC(C)COCCCn1c(=S)[nH]c2cc(Br)c(F)cc21. The van der Waals surface area contributed by atoms with E-state index in [4.69, 9.17) is 17.0 Å². The predicted octanol–water partition coefficient (Wildman–Crippen LogP) is 4.66. The van der Waals surface area contributed by atoms with Crippen LogP contribution in [0.4, 0.5) is 4.39 Å². The number of fused-ring (bicyclic) bond motifs is 1. The van der Waals surface area contributed by atoms with E-state index in [2.05, 4.69) is 34.8 Å². The lowest BCUT2D eigenvalue weighted by atomic mass is 10.2. The second kappa shape index (κ2) is 6.83. The van der Waals surface area contributed by atoms with Crippen LogP contribution in [-0.4, -0.2) is 22.8 Å². The van der Waals surface area contributed by atoms with Crippen molar-refractivity contribution in [2.45, 2.75) is 26.8 Å². The fourth-order valence-corrected chi connectivity index (χ4v) is 2.66. The van der Waals surface area contributed by atoms with Crippen molar-refractivity contribution >= 4 is 39.2 Å². The number of hydrogen-bond acceptors (Lipinski definition) is 2. The summed E-state index contributed by atoms with van der Waals surface area (Å²) >= 11 is 8.47. The van der Waals surface area contributed by atoms with Crippen LogP contribution < -0.4 is 0 Å².